The molecule has 0 fully saturated rings. The molecule has 0 aliphatic heterocycles. The summed E-state index contributed by atoms with van der Waals surface area (Å²) in [4.78, 5) is 0. The highest BCUT2D eigenvalue weighted by Crippen LogP contribution is 2.14. The largest absolute Gasteiger partial charge is 0.498 e. The maximum absolute atomic E-state index is 5.85. The maximum atomic E-state index is 5.85. The van der Waals surface area contributed by atoms with Crippen LogP contribution in [0.5, 0.6) is 0 Å². The van der Waals surface area contributed by atoms with Gasteiger partial charge in [0.2, 0.25) is 0 Å². The van der Waals surface area contributed by atoms with E-state index >= 15 is 0 Å². The molecule has 0 spiro atoms. The Bertz CT molecular complexity index is 263. The van der Waals surface area contributed by atoms with Crippen molar-refractivity contribution in [2.45, 2.75) is 78.1 Å². The average Bonchev–Trinajstić information content (AvgIpc) is 2.46. The Morgan fingerprint density at radius 2 is 1.50 bits per heavy atom. The fourth-order valence-corrected chi connectivity index (χ4v) is 2.05. The minimum Gasteiger partial charge on any atom is -0.498 e. The van der Waals surface area contributed by atoms with Gasteiger partial charge in [0, 0.05) is 6.42 Å². The quantitative estimate of drug-likeness (QED) is 0.198. The van der Waals surface area contributed by atoms with Crippen molar-refractivity contribution < 1.29 is 4.74 Å². The highest BCUT2D eigenvalue weighted by Gasteiger charge is 1.98. The topological polar surface area (TPSA) is 9.23 Å². The minimum atomic E-state index is 0.848. The standard InChI is InChI=1S/C19H34O/c1-4-7-10-11-12-13-15-17-19(16-14-8-5-2)20-18-9-6-3/h5,8,14,16H,2,4,6-7,9-13,15,17-18H2,1,3H3/b14-8+,19-16-. The van der Waals surface area contributed by atoms with Gasteiger partial charge in [-0.3, -0.25) is 0 Å². The Morgan fingerprint density at radius 1 is 0.850 bits per heavy atom. The van der Waals surface area contributed by atoms with Gasteiger partial charge in [-0.15, -0.1) is 0 Å². The van der Waals surface area contributed by atoms with Gasteiger partial charge in [-0.25, -0.2) is 0 Å². The monoisotopic (exact) mass is 278 g/mol. The molecule has 1 nitrogen and oxygen atoms in total. The van der Waals surface area contributed by atoms with Gasteiger partial charge in [-0.2, -0.15) is 0 Å². The van der Waals surface area contributed by atoms with E-state index in [0.717, 1.165) is 25.2 Å². The molecule has 0 unspecified atom stereocenters. The van der Waals surface area contributed by atoms with Crippen molar-refractivity contribution in [3.05, 3.63) is 36.6 Å². The first kappa shape index (κ1) is 19.0. The third-order valence-electron chi connectivity index (χ3n) is 3.34. The molecule has 0 aromatic heterocycles. The molecule has 0 rings (SSSR count). The maximum Gasteiger partial charge on any atom is 0.0959 e. The van der Waals surface area contributed by atoms with E-state index in [1.54, 1.807) is 6.08 Å². The number of ether oxygens (including phenoxy) is 1. The summed E-state index contributed by atoms with van der Waals surface area (Å²) in [5.74, 6) is 1.13. The first-order valence-electron chi connectivity index (χ1n) is 8.46. The lowest BCUT2D eigenvalue weighted by Crippen LogP contribution is -1.95. The lowest BCUT2D eigenvalue weighted by atomic mass is 10.1. The summed E-state index contributed by atoms with van der Waals surface area (Å²) < 4.78 is 5.85. The van der Waals surface area contributed by atoms with Crippen molar-refractivity contribution in [2.24, 2.45) is 0 Å². The van der Waals surface area contributed by atoms with E-state index in [9.17, 15) is 0 Å². The van der Waals surface area contributed by atoms with Gasteiger partial charge in [0.05, 0.1) is 12.4 Å². The van der Waals surface area contributed by atoms with Crippen LogP contribution in [-0.2, 0) is 4.74 Å². The Morgan fingerprint density at radius 3 is 2.15 bits per heavy atom. The molecule has 0 atom stereocenters. The first-order valence-corrected chi connectivity index (χ1v) is 8.46. The number of rotatable bonds is 14. The highest BCUT2D eigenvalue weighted by atomic mass is 16.5. The number of allylic oxidation sites excluding steroid dienone is 5. The number of unbranched alkanes of at least 4 members (excludes halogenated alkanes) is 7. The van der Waals surface area contributed by atoms with Crippen LogP contribution in [0.15, 0.2) is 36.6 Å². The Balaban J connectivity index is 3.81. The predicted molar refractivity (Wildman–Crippen MR) is 90.9 cm³/mol. The number of hydrogen-bond donors (Lipinski definition) is 0. The molecule has 0 saturated carbocycles. The van der Waals surface area contributed by atoms with Crippen molar-refractivity contribution in [2.75, 3.05) is 6.61 Å². The second-order valence-corrected chi connectivity index (χ2v) is 5.33. The molecule has 0 radical (unpaired) electrons. The summed E-state index contributed by atoms with van der Waals surface area (Å²) in [5.41, 5.74) is 0. The third kappa shape index (κ3) is 13.5. The van der Waals surface area contributed by atoms with Crippen molar-refractivity contribution in [3.63, 3.8) is 0 Å². The van der Waals surface area contributed by atoms with E-state index in [2.05, 4.69) is 26.5 Å². The zero-order valence-corrected chi connectivity index (χ0v) is 13.7. The molecule has 1 heteroatoms. The van der Waals surface area contributed by atoms with Crippen LogP contribution in [0.4, 0.5) is 0 Å². The second-order valence-electron chi connectivity index (χ2n) is 5.33. The fourth-order valence-electron chi connectivity index (χ4n) is 2.05. The fraction of sp³-hybridized carbons (Fsp3) is 0.684. The third-order valence-corrected chi connectivity index (χ3v) is 3.34. The van der Waals surface area contributed by atoms with Crippen molar-refractivity contribution in [1.29, 1.82) is 0 Å². The molecule has 0 aromatic carbocycles. The van der Waals surface area contributed by atoms with Gasteiger partial charge >= 0.3 is 0 Å². The van der Waals surface area contributed by atoms with Crippen LogP contribution in [-0.4, -0.2) is 6.61 Å². The van der Waals surface area contributed by atoms with Crippen LogP contribution in [0.25, 0.3) is 0 Å². The molecular weight excluding hydrogens is 244 g/mol. The van der Waals surface area contributed by atoms with Crippen molar-refractivity contribution in [3.8, 4) is 0 Å². The molecule has 0 aliphatic carbocycles. The summed E-state index contributed by atoms with van der Waals surface area (Å²) >= 11 is 0. The minimum absolute atomic E-state index is 0.848. The van der Waals surface area contributed by atoms with Gasteiger partial charge < -0.3 is 4.74 Å². The van der Waals surface area contributed by atoms with Crippen LogP contribution >= 0.6 is 0 Å². The molecule has 0 bridgehead atoms. The van der Waals surface area contributed by atoms with E-state index in [0.29, 0.717) is 0 Å². The average molecular weight is 278 g/mol. The van der Waals surface area contributed by atoms with Gasteiger partial charge in [-0.1, -0.05) is 83.6 Å². The van der Waals surface area contributed by atoms with Crippen LogP contribution in [0.3, 0.4) is 0 Å². The van der Waals surface area contributed by atoms with Gasteiger partial charge in [0.25, 0.3) is 0 Å². The highest BCUT2D eigenvalue weighted by molar-refractivity contribution is 5.12. The zero-order chi connectivity index (χ0) is 14.9. The van der Waals surface area contributed by atoms with Crippen LogP contribution in [0.1, 0.15) is 78.1 Å². The first-order chi connectivity index (χ1) is 9.85. The summed E-state index contributed by atoms with van der Waals surface area (Å²) in [6, 6.07) is 0. The molecule has 116 valence electrons. The van der Waals surface area contributed by atoms with E-state index in [1.807, 2.05) is 12.2 Å². The second kappa shape index (κ2) is 16.1. The number of hydrogen-bond acceptors (Lipinski definition) is 1. The summed E-state index contributed by atoms with van der Waals surface area (Å²) in [7, 11) is 0. The zero-order valence-electron chi connectivity index (χ0n) is 13.7. The molecule has 0 N–H and O–H groups in total. The Hall–Kier alpha value is -0.980. The van der Waals surface area contributed by atoms with E-state index in [1.165, 1.54) is 51.4 Å². The Kier molecular flexibility index (Phi) is 15.3. The van der Waals surface area contributed by atoms with E-state index < -0.39 is 0 Å². The lowest BCUT2D eigenvalue weighted by molar-refractivity contribution is 0.196. The molecule has 0 saturated heterocycles. The predicted octanol–water partition coefficient (Wildman–Crippen LogP) is 6.57. The molecule has 0 aromatic rings. The van der Waals surface area contributed by atoms with Gasteiger partial charge in [0.15, 0.2) is 0 Å². The summed E-state index contributed by atoms with van der Waals surface area (Å²) in [5, 5.41) is 0. The van der Waals surface area contributed by atoms with E-state index in [4.69, 9.17) is 4.74 Å². The van der Waals surface area contributed by atoms with Crippen molar-refractivity contribution in [1.82, 2.24) is 0 Å². The van der Waals surface area contributed by atoms with E-state index in [-0.39, 0.29) is 0 Å². The van der Waals surface area contributed by atoms with Crippen LogP contribution in [0.2, 0.25) is 0 Å². The van der Waals surface area contributed by atoms with Gasteiger partial charge in [0.1, 0.15) is 0 Å². The molecule has 0 heterocycles. The van der Waals surface area contributed by atoms with Gasteiger partial charge in [-0.05, 0) is 18.9 Å². The normalized spacial score (nSPS) is 12.0. The summed E-state index contributed by atoms with van der Waals surface area (Å²) in [6.45, 7) is 9.00. The Labute approximate surface area is 126 Å². The molecular formula is C19H34O. The SMILES string of the molecule is C=C/C=C/C=C(/CCCCCCCCC)OCCCC. The summed E-state index contributed by atoms with van der Waals surface area (Å²) in [6.07, 6.45) is 20.7. The van der Waals surface area contributed by atoms with Crippen molar-refractivity contribution >= 4 is 0 Å². The smallest absolute Gasteiger partial charge is 0.0959 e. The van der Waals surface area contributed by atoms with Crippen LogP contribution < -0.4 is 0 Å². The lowest BCUT2D eigenvalue weighted by Gasteiger charge is -2.09. The van der Waals surface area contributed by atoms with Crippen LogP contribution in [0, 0.1) is 0 Å². The molecule has 0 amide bonds. The molecule has 20 heavy (non-hydrogen) atoms. The molecule has 0 aliphatic rings.